The Morgan fingerprint density at radius 2 is 1.96 bits per heavy atom. The Hall–Kier alpha value is -3.48. The second-order valence-electron chi connectivity index (χ2n) is 6.56. The average Bonchev–Trinajstić information content (AvgIpc) is 3.21. The lowest BCUT2D eigenvalue weighted by Crippen LogP contribution is -2.34. The predicted molar refractivity (Wildman–Crippen MR) is 105 cm³/mol. The molecule has 0 saturated carbocycles. The van der Waals surface area contributed by atoms with Crippen LogP contribution in [-0.2, 0) is 4.79 Å². The van der Waals surface area contributed by atoms with Gasteiger partial charge in [0.25, 0.3) is 5.91 Å². The molecule has 134 valence electrons. The van der Waals surface area contributed by atoms with Crippen LogP contribution in [0.15, 0.2) is 58.0 Å². The van der Waals surface area contributed by atoms with Gasteiger partial charge < -0.3 is 4.90 Å². The van der Waals surface area contributed by atoms with Crippen molar-refractivity contribution in [3.63, 3.8) is 0 Å². The Labute approximate surface area is 156 Å². The van der Waals surface area contributed by atoms with E-state index in [4.69, 9.17) is 0 Å². The number of hydrogen-bond acceptors (Lipinski definition) is 6. The summed E-state index contributed by atoms with van der Waals surface area (Å²) in [5, 5.41) is 12.0. The summed E-state index contributed by atoms with van der Waals surface area (Å²) < 4.78 is 0. The zero-order valence-corrected chi connectivity index (χ0v) is 15.3. The highest BCUT2D eigenvalue weighted by atomic mass is 16.2. The fraction of sp³-hybridized carbons (Fsp3) is 0.200. The summed E-state index contributed by atoms with van der Waals surface area (Å²) in [4.78, 5) is 23.2. The smallest absolute Gasteiger partial charge is 0.276 e. The average molecular weight is 358 g/mol. The molecule has 0 aliphatic carbocycles. The lowest BCUT2D eigenvalue weighted by Gasteiger charge is -2.19. The predicted octanol–water partition coefficient (Wildman–Crippen LogP) is 3.70. The van der Waals surface area contributed by atoms with Crippen molar-refractivity contribution in [1.82, 2.24) is 9.97 Å². The van der Waals surface area contributed by atoms with Gasteiger partial charge in [-0.05, 0) is 55.0 Å². The van der Waals surface area contributed by atoms with E-state index < -0.39 is 0 Å². The van der Waals surface area contributed by atoms with Crippen LogP contribution in [0.2, 0.25) is 0 Å². The first-order valence-electron chi connectivity index (χ1n) is 8.59. The quantitative estimate of drug-likeness (QED) is 0.716. The highest BCUT2D eigenvalue weighted by molar-refractivity contribution is 6.44. The van der Waals surface area contributed by atoms with Crippen molar-refractivity contribution in [2.75, 3.05) is 18.5 Å². The number of benzene rings is 2. The molecule has 2 heterocycles. The number of aryl methyl sites for hydroxylation is 2. The van der Waals surface area contributed by atoms with Crippen LogP contribution in [0.25, 0.3) is 22.3 Å². The van der Waals surface area contributed by atoms with Crippen molar-refractivity contribution in [2.45, 2.75) is 13.8 Å². The first-order chi connectivity index (χ1) is 13.0. The molecule has 0 fully saturated rings. The summed E-state index contributed by atoms with van der Waals surface area (Å²) in [6.07, 6.45) is 1.84. The number of rotatable bonds is 3. The molecule has 0 spiro atoms. The lowest BCUT2D eigenvalue weighted by molar-refractivity contribution is -0.112. The summed E-state index contributed by atoms with van der Waals surface area (Å²) in [5.74, 6) is 0.459. The molecule has 0 saturated heterocycles. The molecule has 1 aliphatic rings. The SMILES string of the molecule is Cc1ccc2nc(-c3ccc(N(C)C(=O)C4=NN=NC4)c(C)c3)ncc2c1. The minimum absolute atomic E-state index is 0.201. The number of nitrogens with zero attached hydrogens (tertiary/aromatic N) is 6. The summed E-state index contributed by atoms with van der Waals surface area (Å²) in [6, 6.07) is 11.9. The molecular formula is C20H18N6O. The van der Waals surface area contributed by atoms with Crippen LogP contribution in [0.1, 0.15) is 11.1 Å². The molecule has 0 atom stereocenters. The summed E-state index contributed by atoms with van der Waals surface area (Å²) in [7, 11) is 1.72. The number of amides is 1. The summed E-state index contributed by atoms with van der Waals surface area (Å²) in [5.41, 5.74) is 5.08. The molecule has 1 amide bonds. The van der Waals surface area contributed by atoms with E-state index in [-0.39, 0.29) is 12.5 Å². The molecule has 0 bridgehead atoms. The minimum Gasteiger partial charge on any atom is -0.310 e. The van der Waals surface area contributed by atoms with Crippen molar-refractivity contribution >= 4 is 28.2 Å². The van der Waals surface area contributed by atoms with Gasteiger partial charge in [-0.1, -0.05) is 11.6 Å². The second kappa shape index (κ2) is 6.68. The molecule has 3 aromatic rings. The normalized spacial score (nSPS) is 13.1. The highest BCUT2D eigenvalue weighted by Gasteiger charge is 2.21. The molecular weight excluding hydrogens is 340 g/mol. The van der Waals surface area contributed by atoms with Crippen LogP contribution < -0.4 is 4.90 Å². The Morgan fingerprint density at radius 1 is 1.11 bits per heavy atom. The van der Waals surface area contributed by atoms with Gasteiger partial charge in [-0.3, -0.25) is 4.79 Å². The Kier molecular flexibility index (Phi) is 4.19. The Bertz CT molecular complexity index is 1120. The fourth-order valence-electron chi connectivity index (χ4n) is 3.09. The topological polar surface area (TPSA) is 83.2 Å². The van der Waals surface area contributed by atoms with Crippen molar-refractivity contribution in [1.29, 1.82) is 0 Å². The maximum atomic E-state index is 12.5. The van der Waals surface area contributed by atoms with Gasteiger partial charge in [0.1, 0.15) is 6.54 Å². The van der Waals surface area contributed by atoms with E-state index in [0.29, 0.717) is 11.5 Å². The number of aromatic nitrogens is 2. The largest absolute Gasteiger partial charge is 0.310 e. The third-order valence-corrected chi connectivity index (χ3v) is 4.55. The van der Waals surface area contributed by atoms with Gasteiger partial charge in [0.05, 0.1) is 5.52 Å². The van der Waals surface area contributed by atoms with E-state index >= 15 is 0 Å². The van der Waals surface area contributed by atoms with Gasteiger partial charge >= 0.3 is 0 Å². The van der Waals surface area contributed by atoms with Crippen LogP contribution in [0.4, 0.5) is 5.69 Å². The number of hydrogen-bond donors (Lipinski definition) is 0. The highest BCUT2D eigenvalue weighted by Crippen LogP contribution is 2.26. The molecule has 0 unspecified atom stereocenters. The molecule has 4 rings (SSSR count). The summed E-state index contributed by atoms with van der Waals surface area (Å²) in [6.45, 7) is 4.23. The van der Waals surface area contributed by atoms with Crippen LogP contribution in [0.3, 0.4) is 0 Å². The third-order valence-electron chi connectivity index (χ3n) is 4.55. The van der Waals surface area contributed by atoms with Crippen LogP contribution >= 0.6 is 0 Å². The molecule has 0 radical (unpaired) electrons. The standard InChI is InChI=1S/C20H18N6O/c1-12-4-6-16-15(8-12)10-21-19(23-16)14-5-7-18(13(2)9-14)26(3)20(27)17-11-22-25-24-17/h4-10H,11H2,1-3H3. The molecule has 1 aliphatic heterocycles. The fourth-order valence-corrected chi connectivity index (χ4v) is 3.09. The molecule has 2 aromatic carbocycles. The summed E-state index contributed by atoms with van der Waals surface area (Å²) >= 11 is 0. The van der Waals surface area contributed by atoms with E-state index in [9.17, 15) is 4.79 Å². The van der Waals surface area contributed by atoms with E-state index in [1.807, 2.05) is 50.4 Å². The molecule has 0 N–H and O–H groups in total. The van der Waals surface area contributed by atoms with E-state index in [0.717, 1.165) is 27.7 Å². The maximum absolute atomic E-state index is 12.5. The maximum Gasteiger partial charge on any atom is 0.276 e. The van der Waals surface area contributed by atoms with Gasteiger partial charge in [0.2, 0.25) is 0 Å². The number of fused-ring (bicyclic) bond motifs is 1. The first-order valence-corrected chi connectivity index (χ1v) is 8.59. The van der Waals surface area contributed by atoms with Gasteiger partial charge in [0, 0.05) is 29.9 Å². The monoisotopic (exact) mass is 358 g/mol. The van der Waals surface area contributed by atoms with Gasteiger partial charge in [-0.2, -0.15) is 5.11 Å². The van der Waals surface area contributed by atoms with Crippen molar-refractivity contribution in [3.05, 3.63) is 53.7 Å². The van der Waals surface area contributed by atoms with Crippen molar-refractivity contribution < 1.29 is 4.79 Å². The zero-order chi connectivity index (χ0) is 19.0. The van der Waals surface area contributed by atoms with E-state index in [1.54, 1.807) is 11.9 Å². The number of carbonyl (C=O) groups excluding carboxylic acids is 1. The second-order valence-corrected chi connectivity index (χ2v) is 6.56. The van der Waals surface area contributed by atoms with Gasteiger partial charge in [0.15, 0.2) is 11.5 Å². The van der Waals surface area contributed by atoms with E-state index in [1.165, 1.54) is 5.56 Å². The molecule has 7 nitrogen and oxygen atoms in total. The minimum atomic E-state index is -0.201. The lowest BCUT2D eigenvalue weighted by atomic mass is 10.1. The zero-order valence-electron chi connectivity index (χ0n) is 15.3. The molecule has 27 heavy (non-hydrogen) atoms. The number of carbonyl (C=O) groups is 1. The van der Waals surface area contributed by atoms with Crippen LogP contribution in [0.5, 0.6) is 0 Å². The molecule has 1 aromatic heterocycles. The van der Waals surface area contributed by atoms with Crippen molar-refractivity contribution in [3.8, 4) is 11.4 Å². The van der Waals surface area contributed by atoms with Crippen LogP contribution in [0, 0.1) is 13.8 Å². The first kappa shape index (κ1) is 17.0. The van der Waals surface area contributed by atoms with Gasteiger partial charge in [-0.25, -0.2) is 9.97 Å². The molecule has 7 heteroatoms. The van der Waals surface area contributed by atoms with Gasteiger partial charge in [-0.15, -0.1) is 5.10 Å². The third kappa shape index (κ3) is 3.19. The van der Waals surface area contributed by atoms with E-state index in [2.05, 4.69) is 31.5 Å². The Morgan fingerprint density at radius 3 is 2.70 bits per heavy atom. The Balaban J connectivity index is 1.65. The number of anilines is 1. The van der Waals surface area contributed by atoms with Crippen LogP contribution in [-0.4, -0.2) is 35.2 Å². The van der Waals surface area contributed by atoms with Crippen molar-refractivity contribution in [2.24, 2.45) is 15.4 Å².